The Kier molecular flexibility index (Phi) is 5.78. The second-order valence-electron chi connectivity index (χ2n) is 6.83. The number of halogens is 1. The number of nitrogens with one attached hydrogen (secondary N) is 1. The molecule has 146 valence electrons. The predicted molar refractivity (Wildman–Crippen MR) is 110 cm³/mol. The molecule has 1 saturated heterocycles. The highest BCUT2D eigenvalue weighted by Gasteiger charge is 2.19. The lowest BCUT2D eigenvalue weighted by Gasteiger charge is -2.21. The maximum atomic E-state index is 12.9. The lowest BCUT2D eigenvalue weighted by Crippen LogP contribution is -2.36. The third kappa shape index (κ3) is 4.29. The Labute approximate surface area is 169 Å². The van der Waals surface area contributed by atoms with Gasteiger partial charge in [0, 0.05) is 24.7 Å². The van der Waals surface area contributed by atoms with Crippen molar-refractivity contribution in [2.45, 2.75) is 19.6 Å². The molecule has 28 heavy (non-hydrogen) atoms. The van der Waals surface area contributed by atoms with E-state index in [1.165, 1.54) is 0 Å². The van der Waals surface area contributed by atoms with Gasteiger partial charge in [0.05, 0.1) is 11.0 Å². The van der Waals surface area contributed by atoms with Gasteiger partial charge in [0.15, 0.2) is 0 Å². The maximum absolute atomic E-state index is 12.9. The summed E-state index contributed by atoms with van der Waals surface area (Å²) >= 11 is 5.93. The minimum atomic E-state index is 0.111. The number of para-hydroxylation sites is 2. The van der Waals surface area contributed by atoms with E-state index >= 15 is 0 Å². The zero-order valence-electron chi connectivity index (χ0n) is 15.6. The van der Waals surface area contributed by atoms with Gasteiger partial charge in [0.1, 0.15) is 24.7 Å². The van der Waals surface area contributed by atoms with Gasteiger partial charge in [-0.1, -0.05) is 23.7 Å². The molecule has 0 atom stereocenters. The lowest BCUT2D eigenvalue weighted by molar-refractivity contribution is -0.131. The van der Waals surface area contributed by atoms with E-state index < -0.39 is 0 Å². The van der Waals surface area contributed by atoms with Crippen LogP contribution in [0.15, 0.2) is 48.5 Å². The minimum absolute atomic E-state index is 0.111. The average Bonchev–Trinajstić information content (AvgIpc) is 2.88. The molecule has 2 aromatic carbocycles. The van der Waals surface area contributed by atoms with Crippen LogP contribution >= 0.6 is 11.6 Å². The van der Waals surface area contributed by atoms with Gasteiger partial charge < -0.3 is 19.5 Å². The first-order chi connectivity index (χ1) is 13.7. The Morgan fingerprint density at radius 3 is 2.79 bits per heavy atom. The zero-order chi connectivity index (χ0) is 19.3. The molecule has 1 fully saturated rings. The van der Waals surface area contributed by atoms with Crippen LogP contribution in [-0.2, 0) is 17.9 Å². The number of hydrogen-bond acceptors (Lipinski definition) is 4. The number of rotatable bonds is 5. The fourth-order valence-corrected chi connectivity index (χ4v) is 3.55. The monoisotopic (exact) mass is 398 g/mol. The molecule has 1 aromatic heterocycles. The van der Waals surface area contributed by atoms with Crippen molar-refractivity contribution in [1.29, 1.82) is 0 Å². The number of nitrogens with zero attached hydrogens (tertiary/aromatic N) is 3. The van der Waals surface area contributed by atoms with E-state index in [0.717, 1.165) is 49.5 Å². The highest BCUT2D eigenvalue weighted by molar-refractivity contribution is 6.30. The second kappa shape index (κ2) is 8.63. The highest BCUT2D eigenvalue weighted by atomic mass is 35.5. The molecule has 4 rings (SSSR count). The number of benzene rings is 2. The molecule has 1 aliphatic rings. The van der Waals surface area contributed by atoms with Crippen LogP contribution < -0.4 is 10.1 Å². The number of carbonyl (C=O) groups excluding carboxylic acids is 1. The van der Waals surface area contributed by atoms with Gasteiger partial charge in [0.25, 0.3) is 0 Å². The molecule has 2 heterocycles. The molecule has 1 N–H and O–H groups in total. The van der Waals surface area contributed by atoms with E-state index in [1.54, 1.807) is 12.1 Å². The third-order valence-corrected chi connectivity index (χ3v) is 5.15. The first-order valence-corrected chi connectivity index (χ1v) is 9.89. The van der Waals surface area contributed by atoms with Crippen molar-refractivity contribution in [3.63, 3.8) is 0 Å². The first-order valence-electron chi connectivity index (χ1n) is 9.52. The Morgan fingerprint density at radius 2 is 1.93 bits per heavy atom. The molecule has 7 heteroatoms. The fourth-order valence-electron chi connectivity index (χ4n) is 3.42. The van der Waals surface area contributed by atoms with Crippen LogP contribution in [0.25, 0.3) is 11.0 Å². The fraction of sp³-hybridized carbons (Fsp3) is 0.333. The van der Waals surface area contributed by atoms with E-state index in [0.29, 0.717) is 10.8 Å². The van der Waals surface area contributed by atoms with E-state index in [-0.39, 0.29) is 19.1 Å². The van der Waals surface area contributed by atoms with Crippen LogP contribution in [0.5, 0.6) is 5.75 Å². The van der Waals surface area contributed by atoms with Crippen LogP contribution in [0, 0.1) is 0 Å². The van der Waals surface area contributed by atoms with Crippen LogP contribution in [0.1, 0.15) is 12.2 Å². The number of imidazole rings is 1. The highest BCUT2D eigenvalue weighted by Crippen LogP contribution is 2.20. The van der Waals surface area contributed by atoms with Crippen LogP contribution in [-0.4, -0.2) is 46.5 Å². The molecular formula is C21H23ClN4O2. The third-order valence-electron chi connectivity index (χ3n) is 4.90. The zero-order valence-corrected chi connectivity index (χ0v) is 16.4. The number of ether oxygens (including phenoxy) is 1. The molecule has 0 radical (unpaired) electrons. The first kappa shape index (κ1) is 18.8. The summed E-state index contributed by atoms with van der Waals surface area (Å²) in [5.74, 6) is 1.56. The number of carbonyl (C=O) groups is 1. The average molecular weight is 399 g/mol. The van der Waals surface area contributed by atoms with Gasteiger partial charge in [-0.3, -0.25) is 4.79 Å². The van der Waals surface area contributed by atoms with Gasteiger partial charge in [-0.15, -0.1) is 0 Å². The summed E-state index contributed by atoms with van der Waals surface area (Å²) in [6, 6.07) is 15.1. The van der Waals surface area contributed by atoms with Crippen molar-refractivity contribution in [2.75, 3.05) is 26.2 Å². The van der Waals surface area contributed by atoms with Crippen molar-refractivity contribution in [1.82, 2.24) is 19.8 Å². The summed E-state index contributed by atoms with van der Waals surface area (Å²) in [6.45, 7) is 3.86. The quantitative estimate of drug-likeness (QED) is 0.717. The number of aromatic nitrogens is 2. The SMILES string of the molecule is O=C(Cn1c(COc2ccc(Cl)cc2)nc2ccccc21)N1CCCNCC1. The van der Waals surface area contributed by atoms with Crippen molar-refractivity contribution < 1.29 is 9.53 Å². The molecule has 1 amide bonds. The van der Waals surface area contributed by atoms with Crippen molar-refractivity contribution in [2.24, 2.45) is 0 Å². The molecule has 0 spiro atoms. The maximum Gasteiger partial charge on any atom is 0.242 e. The number of amides is 1. The molecule has 6 nitrogen and oxygen atoms in total. The van der Waals surface area contributed by atoms with Crippen molar-refractivity contribution in [3.8, 4) is 5.75 Å². The topological polar surface area (TPSA) is 59.4 Å². The standard InChI is InChI=1S/C21H23ClN4O2/c22-16-6-8-17(9-7-16)28-15-20-24-18-4-1-2-5-19(18)26(20)14-21(27)25-12-3-10-23-11-13-25/h1-2,4-9,23H,3,10-15H2. The molecular weight excluding hydrogens is 376 g/mol. The van der Waals surface area contributed by atoms with Crippen molar-refractivity contribution >= 4 is 28.5 Å². The van der Waals surface area contributed by atoms with E-state index in [4.69, 9.17) is 21.3 Å². The van der Waals surface area contributed by atoms with Crippen LogP contribution in [0.2, 0.25) is 5.02 Å². The molecule has 0 bridgehead atoms. The summed E-state index contributed by atoms with van der Waals surface area (Å²) < 4.78 is 7.85. The second-order valence-corrected chi connectivity index (χ2v) is 7.27. The minimum Gasteiger partial charge on any atom is -0.486 e. The summed E-state index contributed by atoms with van der Waals surface area (Å²) in [5.41, 5.74) is 1.81. The van der Waals surface area contributed by atoms with E-state index in [2.05, 4.69) is 5.32 Å². The van der Waals surface area contributed by atoms with Gasteiger partial charge in [-0.25, -0.2) is 4.98 Å². The largest absolute Gasteiger partial charge is 0.486 e. The Morgan fingerprint density at radius 1 is 1.11 bits per heavy atom. The Balaban J connectivity index is 1.56. The summed E-state index contributed by atoms with van der Waals surface area (Å²) in [7, 11) is 0. The van der Waals surface area contributed by atoms with E-state index in [1.807, 2.05) is 45.9 Å². The molecule has 0 saturated carbocycles. The summed E-state index contributed by atoms with van der Waals surface area (Å²) in [6.07, 6.45) is 0.975. The van der Waals surface area contributed by atoms with Gasteiger partial charge >= 0.3 is 0 Å². The smallest absolute Gasteiger partial charge is 0.242 e. The van der Waals surface area contributed by atoms with Crippen LogP contribution in [0.4, 0.5) is 0 Å². The molecule has 0 aliphatic carbocycles. The molecule has 1 aliphatic heterocycles. The molecule has 0 unspecified atom stereocenters. The van der Waals surface area contributed by atoms with Gasteiger partial charge in [0.2, 0.25) is 5.91 Å². The van der Waals surface area contributed by atoms with Gasteiger partial charge in [-0.05, 0) is 49.4 Å². The normalized spacial score (nSPS) is 14.8. The Hall–Kier alpha value is -2.57. The van der Waals surface area contributed by atoms with Crippen LogP contribution in [0.3, 0.4) is 0 Å². The van der Waals surface area contributed by atoms with E-state index in [9.17, 15) is 4.79 Å². The molecule has 3 aromatic rings. The lowest BCUT2D eigenvalue weighted by atomic mass is 10.3. The summed E-state index contributed by atoms with van der Waals surface area (Å²) in [5, 5.41) is 4.00. The predicted octanol–water partition coefficient (Wildman–Crippen LogP) is 3.09. The van der Waals surface area contributed by atoms with Crippen molar-refractivity contribution in [3.05, 3.63) is 59.4 Å². The van der Waals surface area contributed by atoms with Gasteiger partial charge in [-0.2, -0.15) is 0 Å². The Bertz CT molecular complexity index is 947. The number of fused-ring (bicyclic) bond motifs is 1. The number of hydrogen-bond donors (Lipinski definition) is 1. The summed E-state index contributed by atoms with van der Waals surface area (Å²) in [4.78, 5) is 19.5.